The third-order valence-corrected chi connectivity index (χ3v) is 13.2. The molecule has 58 heavy (non-hydrogen) atoms. The normalized spacial score (nSPS) is 24.2. The number of fused-ring (bicyclic) bond motifs is 2. The largest absolute Gasteiger partial charge is 0.460 e. The fourth-order valence-electron chi connectivity index (χ4n) is 8.91. The Hall–Kier alpha value is -4.86. The molecular weight excluding hydrogens is 763 g/mol. The average Bonchev–Trinajstić information content (AvgIpc) is 3.21. The van der Waals surface area contributed by atoms with Crippen molar-refractivity contribution in [1.82, 2.24) is 4.31 Å². The number of aliphatic hydroxyl groups is 2. The van der Waals surface area contributed by atoms with E-state index in [0.717, 1.165) is 43.1 Å². The molecule has 3 N–H and O–H groups in total. The summed E-state index contributed by atoms with van der Waals surface area (Å²) in [5, 5.41) is 26.9. The van der Waals surface area contributed by atoms with Crippen molar-refractivity contribution in [2.45, 2.75) is 74.5 Å². The van der Waals surface area contributed by atoms with Gasteiger partial charge in [-0.05, 0) is 97.7 Å². The highest BCUT2D eigenvalue weighted by Gasteiger charge is 2.65. The van der Waals surface area contributed by atoms with Gasteiger partial charge in [-0.2, -0.15) is 4.31 Å². The molecule has 2 aliphatic carbocycles. The van der Waals surface area contributed by atoms with E-state index >= 15 is 0 Å². The number of aliphatic hydroxyl groups excluding tert-OH is 2. The van der Waals surface area contributed by atoms with Gasteiger partial charge in [0.15, 0.2) is 0 Å². The van der Waals surface area contributed by atoms with Gasteiger partial charge in [0.25, 0.3) is 0 Å². The molecule has 1 heterocycles. The molecule has 6 rings (SSSR count). The number of aldehydes is 1. The predicted molar refractivity (Wildman–Crippen MR) is 220 cm³/mol. The lowest BCUT2D eigenvalue weighted by Gasteiger charge is -2.59. The molecule has 0 radical (unpaired) electrons. The van der Waals surface area contributed by atoms with E-state index < -0.39 is 27.8 Å². The Labute approximate surface area is 340 Å². The molecule has 1 aliphatic heterocycles. The second-order valence-electron chi connectivity index (χ2n) is 15.0. The summed E-state index contributed by atoms with van der Waals surface area (Å²) in [5.41, 5.74) is 3.17. The summed E-state index contributed by atoms with van der Waals surface area (Å²) >= 11 is 0. The van der Waals surface area contributed by atoms with Crippen LogP contribution in [0.15, 0.2) is 101 Å². The van der Waals surface area contributed by atoms with Crippen molar-refractivity contribution >= 4 is 33.6 Å². The number of unbranched alkanes of at least 4 members (excludes halogenated alkanes) is 2. The Morgan fingerprint density at radius 3 is 2.43 bits per heavy atom. The Morgan fingerprint density at radius 2 is 1.76 bits per heavy atom. The molecular formula is C44H53N3O10S. The fraction of sp³-hybridized carbons (Fsp3) is 0.432. The van der Waals surface area contributed by atoms with Crippen LogP contribution in [0.3, 0.4) is 0 Å². The number of nitrogens with zero attached hydrogens (tertiary/aromatic N) is 2. The predicted octanol–water partition coefficient (Wildman–Crippen LogP) is 6.83. The topological polar surface area (TPSA) is 173 Å². The standard InChI is InChI=1S/C44H53N3O10S/c1-5-23-55-44-41(47(3)58(52,53)35-18-15-32(16-19-35)45-29(2)51)27-39(46-54-4)37-25-31(12-6-8-21-48)36(14-7-9-22-49)42(43(37)44)38-26-34(17-20-40(38)57-44)56-33-13-10-11-30(24-33)28-50/h5,10-11,13,15-20,24-26,28,31,36,41-43,48-49H,1,6-9,12,14,21-23,27H2,2-4H3,(H,45,51)/t31-,36+,41-,42+,43+,44+/m0/s1. The Balaban J connectivity index is 1.56. The number of anilines is 1. The molecule has 0 aromatic heterocycles. The van der Waals surface area contributed by atoms with Crippen LogP contribution in [0, 0.1) is 17.8 Å². The third kappa shape index (κ3) is 8.76. The minimum atomic E-state index is -4.22. The van der Waals surface area contributed by atoms with Crippen LogP contribution in [-0.4, -0.2) is 86.6 Å². The Bertz CT molecular complexity index is 2120. The van der Waals surface area contributed by atoms with E-state index in [2.05, 4.69) is 23.1 Å². The maximum atomic E-state index is 14.7. The number of sulfonamides is 1. The van der Waals surface area contributed by atoms with Crippen LogP contribution < -0.4 is 14.8 Å². The lowest BCUT2D eigenvalue weighted by atomic mass is 9.55. The first-order valence-corrected chi connectivity index (χ1v) is 21.2. The quantitative estimate of drug-likeness (QED) is 0.0504. The minimum absolute atomic E-state index is 0.0113. The summed E-state index contributed by atoms with van der Waals surface area (Å²) < 4.78 is 50.9. The van der Waals surface area contributed by atoms with Crippen molar-refractivity contribution in [3.8, 4) is 17.2 Å². The van der Waals surface area contributed by atoms with E-state index in [0.29, 0.717) is 47.1 Å². The molecule has 14 heteroatoms. The number of carbonyl (C=O) groups is 2. The molecule has 3 aliphatic rings. The average molecular weight is 816 g/mol. The summed E-state index contributed by atoms with van der Waals surface area (Å²) in [4.78, 5) is 28.7. The summed E-state index contributed by atoms with van der Waals surface area (Å²) in [6.07, 6.45) is 8.93. The molecule has 0 saturated heterocycles. The number of ether oxygens (including phenoxy) is 3. The molecule has 3 aromatic carbocycles. The number of rotatable bonds is 19. The number of likely N-dealkylation sites (N-methyl/N-ethyl adjacent to an activating group) is 1. The van der Waals surface area contributed by atoms with Gasteiger partial charge < -0.3 is 34.6 Å². The van der Waals surface area contributed by atoms with Crippen molar-refractivity contribution in [1.29, 1.82) is 0 Å². The van der Waals surface area contributed by atoms with Crippen molar-refractivity contribution in [2.75, 3.05) is 39.3 Å². The SMILES string of the molecule is C=CCO[C@@]12Oc3ccc(Oc4cccc(C=O)c4)cc3[C@H]3[C@H](CCCCO)[C@@H](CCCCO)C=C(C(=NOC)C[C@@H]1N(C)S(=O)(=O)c1ccc(NC(C)=O)cc1)[C@H]32. The fourth-order valence-corrected chi connectivity index (χ4v) is 10.3. The molecule has 1 amide bonds. The number of benzene rings is 3. The van der Waals surface area contributed by atoms with Gasteiger partial charge in [-0.15, -0.1) is 6.58 Å². The maximum absolute atomic E-state index is 14.7. The first-order valence-electron chi connectivity index (χ1n) is 19.7. The molecule has 0 spiro atoms. The minimum Gasteiger partial charge on any atom is -0.460 e. The van der Waals surface area contributed by atoms with Gasteiger partial charge >= 0.3 is 0 Å². The summed E-state index contributed by atoms with van der Waals surface area (Å²) in [7, 11) is -1.25. The number of hydrogen-bond acceptors (Lipinski definition) is 11. The summed E-state index contributed by atoms with van der Waals surface area (Å²) in [6.45, 7) is 5.47. The van der Waals surface area contributed by atoms with Crippen LogP contribution >= 0.6 is 0 Å². The molecule has 310 valence electrons. The number of amides is 1. The van der Waals surface area contributed by atoms with Crippen LogP contribution in [0.1, 0.15) is 73.7 Å². The zero-order valence-electron chi connectivity index (χ0n) is 33.2. The van der Waals surface area contributed by atoms with Crippen LogP contribution in [0.4, 0.5) is 5.69 Å². The number of allylic oxidation sites excluding steroid dienone is 1. The highest BCUT2D eigenvalue weighted by atomic mass is 32.2. The lowest BCUT2D eigenvalue weighted by Crippen LogP contribution is -2.69. The molecule has 6 atom stereocenters. The van der Waals surface area contributed by atoms with E-state index in [1.54, 1.807) is 48.5 Å². The zero-order valence-corrected chi connectivity index (χ0v) is 34.0. The maximum Gasteiger partial charge on any atom is 0.243 e. The Morgan fingerprint density at radius 1 is 1.03 bits per heavy atom. The van der Waals surface area contributed by atoms with E-state index in [9.17, 15) is 28.2 Å². The summed E-state index contributed by atoms with van der Waals surface area (Å²) in [6, 6.07) is 17.4. The molecule has 13 nitrogen and oxygen atoms in total. The molecule has 3 aromatic rings. The van der Waals surface area contributed by atoms with Gasteiger partial charge in [-0.25, -0.2) is 8.42 Å². The van der Waals surface area contributed by atoms with Gasteiger partial charge in [-0.1, -0.05) is 42.3 Å². The molecule has 0 unspecified atom stereocenters. The van der Waals surface area contributed by atoms with Gasteiger partial charge in [0.1, 0.15) is 30.6 Å². The van der Waals surface area contributed by atoms with Crippen molar-refractivity contribution in [2.24, 2.45) is 22.9 Å². The van der Waals surface area contributed by atoms with Crippen LogP contribution in [0.2, 0.25) is 0 Å². The van der Waals surface area contributed by atoms with Crippen molar-refractivity contribution in [3.63, 3.8) is 0 Å². The van der Waals surface area contributed by atoms with Gasteiger partial charge in [0.2, 0.25) is 21.7 Å². The van der Waals surface area contributed by atoms with E-state index in [4.69, 9.17) is 19.0 Å². The smallest absolute Gasteiger partial charge is 0.243 e. The first kappa shape index (κ1) is 42.7. The number of carbonyl (C=O) groups excluding carboxylic acids is 2. The van der Waals surface area contributed by atoms with Crippen LogP contribution in [0.25, 0.3) is 0 Å². The second-order valence-corrected chi connectivity index (χ2v) is 17.0. The Kier molecular flexibility index (Phi) is 13.9. The second kappa shape index (κ2) is 18.8. The van der Waals surface area contributed by atoms with E-state index in [1.807, 2.05) is 12.1 Å². The van der Waals surface area contributed by atoms with Gasteiger partial charge in [0, 0.05) is 56.3 Å². The number of nitrogens with one attached hydrogen (secondary N) is 1. The van der Waals surface area contributed by atoms with Crippen molar-refractivity contribution in [3.05, 3.63) is 102 Å². The van der Waals surface area contributed by atoms with Crippen molar-refractivity contribution < 1.29 is 47.3 Å². The van der Waals surface area contributed by atoms with Crippen LogP contribution in [0.5, 0.6) is 17.2 Å². The zero-order chi connectivity index (χ0) is 41.5. The molecule has 0 bridgehead atoms. The molecule has 1 saturated carbocycles. The van der Waals surface area contributed by atoms with Gasteiger partial charge in [-0.3, -0.25) is 9.59 Å². The number of oxime groups is 1. The van der Waals surface area contributed by atoms with Crippen LogP contribution in [-0.2, 0) is 24.4 Å². The summed E-state index contributed by atoms with van der Waals surface area (Å²) in [5.74, 6) is -1.31. The third-order valence-electron chi connectivity index (χ3n) is 11.4. The highest BCUT2D eigenvalue weighted by molar-refractivity contribution is 7.89. The first-order chi connectivity index (χ1) is 28.0. The highest BCUT2D eigenvalue weighted by Crippen LogP contribution is 2.62. The molecule has 1 fully saturated rings. The van der Waals surface area contributed by atoms with E-state index in [1.165, 1.54) is 37.5 Å². The van der Waals surface area contributed by atoms with E-state index in [-0.39, 0.29) is 54.8 Å². The monoisotopic (exact) mass is 815 g/mol. The number of hydrogen-bond donors (Lipinski definition) is 3. The lowest BCUT2D eigenvalue weighted by molar-refractivity contribution is -0.250. The van der Waals surface area contributed by atoms with Gasteiger partial charge in [0.05, 0.1) is 29.2 Å².